The third-order valence-electron chi connectivity index (χ3n) is 4.57. The van der Waals surface area contributed by atoms with Crippen LogP contribution in [0.3, 0.4) is 0 Å². The first kappa shape index (κ1) is 20.2. The van der Waals surface area contributed by atoms with Crippen LogP contribution in [0.15, 0.2) is 48.7 Å². The van der Waals surface area contributed by atoms with Crippen LogP contribution >= 0.6 is 0 Å². The Morgan fingerprint density at radius 2 is 1.52 bits per heavy atom. The summed E-state index contributed by atoms with van der Waals surface area (Å²) in [6.45, 7) is 6.24. The fourth-order valence-corrected chi connectivity index (χ4v) is 3.19. The number of aromatic nitrogens is 1. The summed E-state index contributed by atoms with van der Waals surface area (Å²) in [6.07, 6.45) is 1.69. The number of carbonyl (C=O) groups is 1. The van der Waals surface area contributed by atoms with E-state index in [4.69, 9.17) is 9.47 Å². The van der Waals surface area contributed by atoms with Crippen molar-refractivity contribution in [2.24, 2.45) is 0 Å². The van der Waals surface area contributed by atoms with E-state index in [2.05, 4.69) is 48.5 Å². The van der Waals surface area contributed by atoms with Crippen LogP contribution < -0.4 is 20.1 Å². The van der Waals surface area contributed by atoms with Gasteiger partial charge in [0.15, 0.2) is 0 Å². The summed E-state index contributed by atoms with van der Waals surface area (Å²) in [4.78, 5) is 16.9. The molecular weight excluding hydrogens is 366 g/mol. The first-order chi connectivity index (χ1) is 13.9. The van der Waals surface area contributed by atoms with E-state index in [0.717, 1.165) is 11.4 Å². The van der Waals surface area contributed by atoms with Crippen molar-refractivity contribution in [1.82, 2.24) is 4.98 Å². The number of nitrogens with one attached hydrogen (secondary N) is 2. The number of hydrogen-bond donors (Lipinski definition) is 2. The molecule has 6 nitrogen and oxygen atoms in total. The van der Waals surface area contributed by atoms with Gasteiger partial charge < -0.3 is 20.1 Å². The van der Waals surface area contributed by atoms with Crippen molar-refractivity contribution < 1.29 is 14.3 Å². The van der Waals surface area contributed by atoms with Crippen molar-refractivity contribution in [3.05, 3.63) is 70.9 Å². The zero-order valence-electron chi connectivity index (χ0n) is 17.3. The zero-order chi connectivity index (χ0) is 21.0. The van der Waals surface area contributed by atoms with E-state index in [0.29, 0.717) is 22.9 Å². The van der Waals surface area contributed by atoms with Crippen molar-refractivity contribution >= 4 is 23.1 Å². The second kappa shape index (κ2) is 8.65. The van der Waals surface area contributed by atoms with Crippen LogP contribution in [-0.4, -0.2) is 25.1 Å². The lowest BCUT2D eigenvalue weighted by molar-refractivity contribution is 0.102. The Morgan fingerprint density at radius 1 is 0.897 bits per heavy atom. The first-order valence-corrected chi connectivity index (χ1v) is 9.25. The molecule has 0 aliphatic rings. The summed E-state index contributed by atoms with van der Waals surface area (Å²) in [7, 11) is 3.09. The maximum Gasteiger partial charge on any atom is 0.257 e. The molecule has 29 heavy (non-hydrogen) atoms. The highest BCUT2D eigenvalue weighted by Crippen LogP contribution is 2.26. The van der Waals surface area contributed by atoms with Crippen molar-refractivity contribution in [2.75, 3.05) is 24.9 Å². The number of benzene rings is 2. The number of aryl methyl sites for hydroxylation is 3. The van der Waals surface area contributed by atoms with Crippen molar-refractivity contribution in [1.29, 1.82) is 0 Å². The van der Waals surface area contributed by atoms with E-state index in [-0.39, 0.29) is 5.91 Å². The quantitative estimate of drug-likeness (QED) is 0.617. The van der Waals surface area contributed by atoms with Gasteiger partial charge in [-0.25, -0.2) is 4.98 Å². The number of pyridine rings is 1. The number of nitrogens with zero attached hydrogens (tertiary/aromatic N) is 1. The van der Waals surface area contributed by atoms with Gasteiger partial charge in [0.05, 0.1) is 26.1 Å². The molecule has 0 fully saturated rings. The Hall–Kier alpha value is -3.54. The molecule has 0 saturated carbocycles. The fraction of sp³-hybridized carbons (Fsp3) is 0.217. The number of methoxy groups -OCH3 is 2. The monoisotopic (exact) mass is 391 g/mol. The molecule has 1 heterocycles. The van der Waals surface area contributed by atoms with Gasteiger partial charge in [0.25, 0.3) is 5.91 Å². The number of ether oxygens (including phenoxy) is 2. The number of anilines is 3. The maximum atomic E-state index is 12.6. The Labute approximate surface area is 170 Å². The second-order valence-electron chi connectivity index (χ2n) is 6.89. The van der Waals surface area contributed by atoms with E-state index < -0.39 is 0 Å². The van der Waals surface area contributed by atoms with Gasteiger partial charge in [0, 0.05) is 17.3 Å². The molecule has 2 aromatic carbocycles. The summed E-state index contributed by atoms with van der Waals surface area (Å²) in [5.74, 6) is 1.26. The molecule has 2 N–H and O–H groups in total. The molecule has 3 rings (SSSR count). The molecule has 0 radical (unpaired) electrons. The number of rotatable bonds is 6. The molecule has 1 amide bonds. The fourth-order valence-electron chi connectivity index (χ4n) is 3.19. The van der Waals surface area contributed by atoms with Crippen LogP contribution in [0.2, 0.25) is 0 Å². The Bertz CT molecular complexity index is 985. The predicted molar refractivity (Wildman–Crippen MR) is 116 cm³/mol. The molecule has 3 aromatic rings. The average Bonchev–Trinajstić information content (AvgIpc) is 2.71. The number of hydrogen-bond acceptors (Lipinski definition) is 5. The molecule has 1 aromatic heterocycles. The molecule has 0 aliphatic carbocycles. The highest BCUT2D eigenvalue weighted by atomic mass is 16.5. The minimum absolute atomic E-state index is 0.291. The average molecular weight is 391 g/mol. The molecule has 0 spiro atoms. The first-order valence-electron chi connectivity index (χ1n) is 9.25. The standard InChI is InChI=1S/C23H25N3O3/c1-14-8-15(2)22(16(3)9-14)25-18-6-7-21(24-13-18)26-23(27)17-10-19(28-4)12-20(11-17)29-5/h6-13,25H,1-5H3,(H,24,26,27). The lowest BCUT2D eigenvalue weighted by Crippen LogP contribution is -2.13. The van der Waals surface area contributed by atoms with E-state index in [9.17, 15) is 4.79 Å². The van der Waals surface area contributed by atoms with E-state index in [1.54, 1.807) is 44.7 Å². The summed E-state index contributed by atoms with van der Waals surface area (Å²) >= 11 is 0. The van der Waals surface area contributed by atoms with Gasteiger partial charge in [-0.15, -0.1) is 0 Å². The molecule has 6 heteroatoms. The highest BCUT2D eigenvalue weighted by molar-refractivity contribution is 6.04. The summed E-state index contributed by atoms with van der Waals surface area (Å²) in [6, 6.07) is 12.9. The van der Waals surface area contributed by atoms with Crippen molar-refractivity contribution in [2.45, 2.75) is 20.8 Å². The van der Waals surface area contributed by atoms with Crippen molar-refractivity contribution in [3.8, 4) is 11.5 Å². The van der Waals surface area contributed by atoms with Gasteiger partial charge >= 0.3 is 0 Å². The minimum Gasteiger partial charge on any atom is -0.497 e. The molecule has 0 bridgehead atoms. The Kier molecular flexibility index (Phi) is 6.02. The SMILES string of the molecule is COc1cc(OC)cc(C(=O)Nc2ccc(Nc3c(C)cc(C)cc3C)cn2)c1. The molecule has 0 aliphatic heterocycles. The maximum absolute atomic E-state index is 12.6. The summed E-state index contributed by atoms with van der Waals surface area (Å²) in [5, 5.41) is 6.19. The summed E-state index contributed by atoms with van der Waals surface area (Å²) < 4.78 is 10.4. The van der Waals surface area contributed by atoms with Gasteiger partial charge in [0.2, 0.25) is 0 Å². The lowest BCUT2D eigenvalue weighted by atomic mass is 10.0. The van der Waals surface area contributed by atoms with Gasteiger partial charge in [-0.2, -0.15) is 0 Å². The Balaban J connectivity index is 1.73. The van der Waals surface area contributed by atoms with Crippen LogP contribution in [0.4, 0.5) is 17.2 Å². The van der Waals surface area contributed by atoms with Gasteiger partial charge in [-0.05, 0) is 56.2 Å². The molecule has 0 atom stereocenters. The largest absolute Gasteiger partial charge is 0.497 e. The topological polar surface area (TPSA) is 72.5 Å². The van der Waals surface area contributed by atoms with E-state index in [1.807, 2.05) is 6.07 Å². The van der Waals surface area contributed by atoms with Gasteiger partial charge in [-0.3, -0.25) is 4.79 Å². The number of amides is 1. The van der Waals surface area contributed by atoms with Gasteiger partial charge in [0.1, 0.15) is 17.3 Å². The summed E-state index contributed by atoms with van der Waals surface area (Å²) in [5.41, 5.74) is 5.92. The van der Waals surface area contributed by atoms with Crippen LogP contribution in [0.5, 0.6) is 11.5 Å². The molecule has 0 saturated heterocycles. The predicted octanol–water partition coefficient (Wildman–Crippen LogP) is 5.02. The normalized spacial score (nSPS) is 10.4. The van der Waals surface area contributed by atoms with Crippen LogP contribution in [-0.2, 0) is 0 Å². The molecule has 150 valence electrons. The third-order valence-corrected chi connectivity index (χ3v) is 4.57. The van der Waals surface area contributed by atoms with Crippen LogP contribution in [0.1, 0.15) is 27.0 Å². The van der Waals surface area contributed by atoms with Gasteiger partial charge in [-0.1, -0.05) is 17.7 Å². The van der Waals surface area contributed by atoms with Crippen LogP contribution in [0.25, 0.3) is 0 Å². The third kappa shape index (κ3) is 4.85. The zero-order valence-corrected chi connectivity index (χ0v) is 17.3. The number of carbonyl (C=O) groups excluding carboxylic acids is 1. The molecule has 0 unspecified atom stereocenters. The lowest BCUT2D eigenvalue weighted by Gasteiger charge is -2.14. The molecular formula is C23H25N3O3. The van der Waals surface area contributed by atoms with Crippen molar-refractivity contribution in [3.63, 3.8) is 0 Å². The minimum atomic E-state index is -0.291. The Morgan fingerprint density at radius 3 is 2.03 bits per heavy atom. The van der Waals surface area contributed by atoms with E-state index in [1.165, 1.54) is 16.7 Å². The van der Waals surface area contributed by atoms with E-state index >= 15 is 0 Å². The second-order valence-corrected chi connectivity index (χ2v) is 6.89. The van der Waals surface area contributed by atoms with Crippen LogP contribution in [0, 0.1) is 20.8 Å². The highest BCUT2D eigenvalue weighted by Gasteiger charge is 2.11. The smallest absolute Gasteiger partial charge is 0.257 e.